The number of H-pyrrole nitrogens is 1. The number of nitrogens with one attached hydrogen (secondary N) is 1. The molecule has 0 spiro atoms. The van der Waals surface area contributed by atoms with E-state index in [0.717, 1.165) is 35.3 Å². The minimum absolute atomic E-state index is 0.166. The van der Waals surface area contributed by atoms with Crippen molar-refractivity contribution >= 4 is 28.3 Å². The van der Waals surface area contributed by atoms with Crippen LogP contribution >= 0.6 is 11.3 Å². The van der Waals surface area contributed by atoms with Crippen molar-refractivity contribution in [3.8, 4) is 0 Å². The molecule has 4 rings (SSSR count). The Balaban J connectivity index is 1.54. The number of carbonyl (C=O) groups excluding carboxylic acids is 1. The highest BCUT2D eigenvalue weighted by molar-refractivity contribution is 7.09. The van der Waals surface area contributed by atoms with Gasteiger partial charge in [-0.3, -0.25) is 4.79 Å². The highest BCUT2D eigenvalue weighted by Gasteiger charge is 2.23. The number of hydrogen-bond donors (Lipinski definition) is 1. The van der Waals surface area contributed by atoms with Crippen LogP contribution in [0.1, 0.15) is 16.1 Å². The quantitative estimate of drug-likeness (QED) is 0.788. The van der Waals surface area contributed by atoms with E-state index < -0.39 is 0 Å². The summed E-state index contributed by atoms with van der Waals surface area (Å²) in [6.45, 7) is 1.45. The first-order chi connectivity index (χ1) is 10.3. The third kappa shape index (κ3) is 2.21. The van der Waals surface area contributed by atoms with Gasteiger partial charge in [0.25, 0.3) is 0 Å². The third-order valence-electron chi connectivity index (χ3n) is 3.91. The van der Waals surface area contributed by atoms with Crippen LogP contribution in [0.25, 0.3) is 11.0 Å². The molecule has 0 atom stereocenters. The van der Waals surface area contributed by atoms with Crippen molar-refractivity contribution in [2.45, 2.75) is 19.4 Å². The van der Waals surface area contributed by atoms with Gasteiger partial charge in [-0.1, -0.05) is 0 Å². The van der Waals surface area contributed by atoms with E-state index >= 15 is 0 Å². The number of thiazole rings is 1. The van der Waals surface area contributed by atoms with Gasteiger partial charge in [0.15, 0.2) is 0 Å². The van der Waals surface area contributed by atoms with E-state index in [1.807, 2.05) is 28.7 Å². The topological polar surface area (TPSA) is 61.9 Å². The molecular weight excluding hydrogens is 284 g/mol. The summed E-state index contributed by atoms with van der Waals surface area (Å²) in [4.78, 5) is 27.4. The maximum absolute atomic E-state index is 12.5. The summed E-state index contributed by atoms with van der Waals surface area (Å²) in [5, 5.41) is 1.03. The van der Waals surface area contributed by atoms with E-state index in [0.29, 0.717) is 13.0 Å². The number of hydrogen-bond acceptors (Lipinski definition) is 4. The van der Waals surface area contributed by atoms with Gasteiger partial charge in [0.2, 0.25) is 5.91 Å². The van der Waals surface area contributed by atoms with Gasteiger partial charge in [0.1, 0.15) is 5.65 Å². The SMILES string of the molecule is O=C(Cc1c[nH]c2ncccc12)N1CCc2ncsc2C1. The monoisotopic (exact) mass is 298 g/mol. The van der Waals surface area contributed by atoms with Gasteiger partial charge in [0, 0.05) is 35.6 Å². The Morgan fingerprint density at radius 3 is 3.33 bits per heavy atom. The molecule has 1 aliphatic rings. The summed E-state index contributed by atoms with van der Waals surface area (Å²) in [6.07, 6.45) is 4.91. The first kappa shape index (κ1) is 12.5. The molecule has 3 aromatic heterocycles. The average molecular weight is 298 g/mol. The summed E-state index contributed by atoms with van der Waals surface area (Å²) < 4.78 is 0. The Morgan fingerprint density at radius 2 is 2.38 bits per heavy atom. The van der Waals surface area contributed by atoms with Crippen molar-refractivity contribution < 1.29 is 4.79 Å². The number of amides is 1. The third-order valence-corrected chi connectivity index (χ3v) is 4.77. The molecule has 6 heteroatoms. The van der Waals surface area contributed by atoms with Crippen LogP contribution in [0, 0.1) is 0 Å². The Kier molecular flexibility index (Phi) is 2.96. The molecule has 1 N–H and O–H groups in total. The molecule has 0 bridgehead atoms. The van der Waals surface area contributed by atoms with E-state index in [9.17, 15) is 4.79 Å². The fourth-order valence-electron chi connectivity index (χ4n) is 2.77. The molecule has 0 saturated heterocycles. The van der Waals surface area contributed by atoms with E-state index in [-0.39, 0.29) is 5.91 Å². The van der Waals surface area contributed by atoms with Crippen molar-refractivity contribution in [2.75, 3.05) is 6.54 Å². The lowest BCUT2D eigenvalue weighted by atomic mass is 10.1. The zero-order valence-corrected chi connectivity index (χ0v) is 12.2. The maximum atomic E-state index is 12.5. The van der Waals surface area contributed by atoms with Crippen LogP contribution < -0.4 is 0 Å². The molecule has 0 saturated carbocycles. The minimum Gasteiger partial charge on any atom is -0.346 e. The number of fused-ring (bicyclic) bond motifs is 2. The molecule has 1 aliphatic heterocycles. The van der Waals surface area contributed by atoms with Gasteiger partial charge in [-0.15, -0.1) is 11.3 Å². The smallest absolute Gasteiger partial charge is 0.227 e. The van der Waals surface area contributed by atoms with Crippen LogP contribution in [0.15, 0.2) is 30.0 Å². The Hall–Kier alpha value is -2.21. The van der Waals surface area contributed by atoms with Crippen LogP contribution in [-0.4, -0.2) is 32.3 Å². The van der Waals surface area contributed by atoms with Crippen LogP contribution in [0.2, 0.25) is 0 Å². The second-order valence-electron chi connectivity index (χ2n) is 5.18. The average Bonchev–Trinajstić information content (AvgIpc) is 3.13. The van der Waals surface area contributed by atoms with E-state index in [4.69, 9.17) is 0 Å². The molecule has 4 heterocycles. The first-order valence-electron chi connectivity index (χ1n) is 6.91. The molecule has 5 nitrogen and oxygen atoms in total. The minimum atomic E-state index is 0.166. The lowest BCUT2D eigenvalue weighted by Gasteiger charge is -2.26. The summed E-state index contributed by atoms with van der Waals surface area (Å²) in [5.41, 5.74) is 4.87. The van der Waals surface area contributed by atoms with Crippen LogP contribution in [-0.2, 0) is 24.2 Å². The highest BCUT2D eigenvalue weighted by Crippen LogP contribution is 2.23. The lowest BCUT2D eigenvalue weighted by Crippen LogP contribution is -2.36. The molecule has 3 aromatic rings. The van der Waals surface area contributed by atoms with E-state index in [1.165, 1.54) is 4.88 Å². The van der Waals surface area contributed by atoms with Gasteiger partial charge in [0.05, 0.1) is 24.2 Å². The van der Waals surface area contributed by atoms with Gasteiger partial charge in [-0.2, -0.15) is 0 Å². The molecule has 0 aromatic carbocycles. The lowest BCUT2D eigenvalue weighted by molar-refractivity contribution is -0.131. The Morgan fingerprint density at radius 1 is 1.43 bits per heavy atom. The normalized spacial score (nSPS) is 14.4. The number of carbonyl (C=O) groups is 1. The summed E-state index contributed by atoms with van der Waals surface area (Å²) in [7, 11) is 0. The number of aromatic amines is 1. The Bertz CT molecular complexity index is 807. The zero-order chi connectivity index (χ0) is 14.2. The number of aromatic nitrogens is 3. The predicted octanol–water partition coefficient (Wildman–Crippen LogP) is 2.15. The summed E-state index contributed by atoms with van der Waals surface area (Å²) in [6, 6.07) is 3.90. The van der Waals surface area contributed by atoms with Gasteiger partial charge in [-0.25, -0.2) is 9.97 Å². The predicted molar refractivity (Wildman–Crippen MR) is 81.0 cm³/mol. The molecule has 0 aliphatic carbocycles. The molecule has 0 radical (unpaired) electrons. The zero-order valence-electron chi connectivity index (χ0n) is 11.4. The maximum Gasteiger partial charge on any atom is 0.227 e. The van der Waals surface area contributed by atoms with Crippen LogP contribution in [0.3, 0.4) is 0 Å². The van der Waals surface area contributed by atoms with Gasteiger partial charge < -0.3 is 9.88 Å². The molecule has 0 fully saturated rings. The Labute approximate surface area is 125 Å². The standard InChI is InChI=1S/C15H14N4OS/c20-14(19-5-3-12-13(8-19)21-9-18-12)6-10-7-17-15-11(10)2-1-4-16-15/h1-2,4,7,9H,3,5-6,8H2,(H,16,17). The number of nitrogens with zero attached hydrogens (tertiary/aromatic N) is 3. The molecule has 21 heavy (non-hydrogen) atoms. The van der Waals surface area contributed by atoms with E-state index in [1.54, 1.807) is 17.5 Å². The number of pyridine rings is 1. The van der Waals surface area contributed by atoms with Gasteiger partial charge >= 0.3 is 0 Å². The number of rotatable bonds is 2. The second-order valence-corrected chi connectivity index (χ2v) is 6.12. The second kappa shape index (κ2) is 4.96. The van der Waals surface area contributed by atoms with E-state index in [2.05, 4.69) is 15.0 Å². The fourth-order valence-corrected chi connectivity index (χ4v) is 3.59. The van der Waals surface area contributed by atoms with Crippen LogP contribution in [0.4, 0.5) is 0 Å². The molecule has 106 valence electrons. The van der Waals surface area contributed by atoms with Crippen molar-refractivity contribution in [3.63, 3.8) is 0 Å². The summed E-state index contributed by atoms with van der Waals surface area (Å²) in [5.74, 6) is 0.166. The van der Waals surface area contributed by atoms with Crippen molar-refractivity contribution in [2.24, 2.45) is 0 Å². The fraction of sp³-hybridized carbons (Fsp3) is 0.267. The molecule has 1 amide bonds. The van der Waals surface area contributed by atoms with Crippen molar-refractivity contribution in [1.82, 2.24) is 19.9 Å². The summed E-state index contributed by atoms with van der Waals surface area (Å²) >= 11 is 1.64. The van der Waals surface area contributed by atoms with Crippen molar-refractivity contribution in [3.05, 3.63) is 46.2 Å². The largest absolute Gasteiger partial charge is 0.346 e. The van der Waals surface area contributed by atoms with Crippen molar-refractivity contribution in [1.29, 1.82) is 0 Å². The molecule has 0 unspecified atom stereocenters. The van der Waals surface area contributed by atoms with Gasteiger partial charge in [-0.05, 0) is 17.7 Å². The van der Waals surface area contributed by atoms with Crippen LogP contribution in [0.5, 0.6) is 0 Å². The molecular formula is C15H14N4OS. The first-order valence-corrected chi connectivity index (χ1v) is 7.79. The highest BCUT2D eigenvalue weighted by atomic mass is 32.1.